The molecule has 6 amide bonds. The van der Waals surface area contributed by atoms with Crippen LogP contribution in [0.25, 0.3) is 0 Å². The number of aromatic nitrogens is 1. The quantitative estimate of drug-likeness (QED) is 0.0426. The summed E-state index contributed by atoms with van der Waals surface area (Å²) < 4.78 is 38.4. The van der Waals surface area contributed by atoms with Gasteiger partial charge >= 0.3 is 5.97 Å². The zero-order chi connectivity index (χ0) is 48.2. The van der Waals surface area contributed by atoms with Crippen LogP contribution in [0, 0.1) is 5.92 Å². The van der Waals surface area contributed by atoms with Crippen molar-refractivity contribution < 1.29 is 56.4 Å². The lowest BCUT2D eigenvalue weighted by molar-refractivity contribution is -0.141. The van der Waals surface area contributed by atoms with Crippen molar-refractivity contribution in [3.05, 3.63) is 83.6 Å². The highest BCUT2D eigenvalue weighted by molar-refractivity contribution is 7.99. The number of carboxylic acids is 1. The summed E-state index contributed by atoms with van der Waals surface area (Å²) in [5.41, 5.74) is 6.62. The number of carboxylic acid groups (broad SMARTS) is 1. The molecule has 66 heavy (non-hydrogen) atoms. The Hall–Kier alpha value is -6.50. The summed E-state index contributed by atoms with van der Waals surface area (Å²) >= 11 is 1.46. The maximum absolute atomic E-state index is 13.9. The average molecular weight is 955 g/mol. The van der Waals surface area contributed by atoms with Gasteiger partial charge in [0, 0.05) is 31.5 Å². The number of hydrogen-bond donors (Lipinski definition) is 9. The molecule has 2 heterocycles. The topological polar surface area (TPSA) is 339 Å². The number of azo groups is 1. The van der Waals surface area contributed by atoms with Crippen LogP contribution in [0.5, 0.6) is 5.75 Å². The number of benzene rings is 2. The number of carbonyl (C=O) groups excluding carboxylic acids is 6. The van der Waals surface area contributed by atoms with E-state index < -0.39 is 94.6 Å². The van der Waals surface area contributed by atoms with Crippen LogP contribution in [0.3, 0.4) is 0 Å². The van der Waals surface area contributed by atoms with Gasteiger partial charge in [0.2, 0.25) is 29.5 Å². The van der Waals surface area contributed by atoms with Gasteiger partial charge in [0.25, 0.3) is 16.0 Å². The van der Waals surface area contributed by atoms with Crippen LogP contribution in [0.15, 0.2) is 82.0 Å². The van der Waals surface area contributed by atoms with E-state index in [0.29, 0.717) is 35.8 Å². The van der Waals surface area contributed by atoms with Crippen molar-refractivity contribution in [2.45, 2.75) is 75.1 Å². The number of amides is 6. The Labute approximate surface area is 385 Å². The van der Waals surface area contributed by atoms with Crippen LogP contribution < -0.4 is 42.4 Å². The molecule has 24 heteroatoms. The number of pyridine rings is 1. The third-order valence-electron chi connectivity index (χ3n) is 9.69. The zero-order valence-corrected chi connectivity index (χ0v) is 37.9. The van der Waals surface area contributed by atoms with Crippen molar-refractivity contribution >= 4 is 69.1 Å². The number of rotatable bonds is 20. The molecule has 0 saturated carbocycles. The van der Waals surface area contributed by atoms with E-state index in [9.17, 15) is 51.6 Å². The molecule has 1 saturated heterocycles. The Morgan fingerprint density at radius 3 is 2.29 bits per heavy atom. The second kappa shape index (κ2) is 25.8. The molecule has 1 fully saturated rings. The molecule has 22 nitrogen and oxygen atoms in total. The van der Waals surface area contributed by atoms with E-state index in [4.69, 9.17) is 10.5 Å². The Morgan fingerprint density at radius 2 is 1.62 bits per heavy atom. The first-order valence-electron chi connectivity index (χ1n) is 20.8. The Balaban J connectivity index is 1.35. The number of ether oxygens (including phenoxy) is 1. The van der Waals surface area contributed by atoms with Crippen LogP contribution >= 0.6 is 11.8 Å². The van der Waals surface area contributed by atoms with Crippen LogP contribution in [-0.4, -0.2) is 126 Å². The maximum Gasteiger partial charge on any atom is 0.305 e. The molecule has 0 spiro atoms. The zero-order valence-electron chi connectivity index (χ0n) is 36.2. The molecule has 1 aliphatic heterocycles. The molecule has 4 rings (SSSR count). The van der Waals surface area contributed by atoms with Crippen molar-refractivity contribution in [2.24, 2.45) is 21.9 Å². The van der Waals surface area contributed by atoms with Crippen LogP contribution in [0.2, 0.25) is 0 Å². The number of carbonyl (C=O) groups is 7. The average Bonchev–Trinajstić information content (AvgIpc) is 3.27. The van der Waals surface area contributed by atoms with Crippen molar-refractivity contribution in [1.82, 2.24) is 36.9 Å². The SMILES string of the molecule is CC(C)C1NC(=O)[C@@H](Cc2ccc(OCCCNC(=O)c3ccc(N=NCc4ccccc4S(=O)(=O)O)nc3)cc2)NC(=O)[C@H](CC(=O)O)NC(=O)CNC(=O)[C@H](CCSCCN)NC1=O. The first-order valence-corrected chi connectivity index (χ1v) is 23.4. The molecular formula is C42H54N10O12S2. The van der Waals surface area contributed by atoms with E-state index in [1.165, 1.54) is 48.3 Å². The first-order chi connectivity index (χ1) is 31.4. The highest BCUT2D eigenvalue weighted by atomic mass is 32.2. The number of hydrogen-bond acceptors (Lipinski definition) is 15. The minimum absolute atomic E-state index is 0.116. The first kappa shape index (κ1) is 52.1. The van der Waals surface area contributed by atoms with Crippen molar-refractivity contribution in [3.63, 3.8) is 0 Å². The summed E-state index contributed by atoms with van der Waals surface area (Å²) in [6, 6.07) is 10.1. The molecule has 1 aliphatic rings. The lowest BCUT2D eigenvalue weighted by Crippen LogP contribution is -2.59. The summed E-state index contributed by atoms with van der Waals surface area (Å²) in [6.45, 7) is 3.50. The molecule has 0 radical (unpaired) electrons. The summed E-state index contributed by atoms with van der Waals surface area (Å²) in [4.78, 5) is 95.2. The number of nitrogens with two attached hydrogens (primary N) is 1. The molecule has 1 aromatic heterocycles. The predicted molar refractivity (Wildman–Crippen MR) is 240 cm³/mol. The minimum Gasteiger partial charge on any atom is -0.494 e. The number of nitrogens with one attached hydrogen (secondary N) is 6. The van der Waals surface area contributed by atoms with E-state index in [-0.39, 0.29) is 54.4 Å². The van der Waals surface area contributed by atoms with Gasteiger partial charge in [-0.2, -0.15) is 25.3 Å². The van der Waals surface area contributed by atoms with E-state index in [2.05, 4.69) is 47.1 Å². The van der Waals surface area contributed by atoms with Crippen LogP contribution in [0.1, 0.15) is 54.6 Å². The number of aliphatic carboxylic acids is 1. The van der Waals surface area contributed by atoms with Gasteiger partial charge in [-0.3, -0.25) is 38.1 Å². The Morgan fingerprint density at radius 1 is 0.909 bits per heavy atom. The van der Waals surface area contributed by atoms with Gasteiger partial charge < -0.3 is 47.5 Å². The normalized spacial score (nSPS) is 18.8. The van der Waals surface area contributed by atoms with Crippen LogP contribution in [-0.2, 0) is 51.9 Å². The summed E-state index contributed by atoms with van der Waals surface area (Å²) in [5.74, 6) is -4.56. The molecule has 356 valence electrons. The molecule has 0 bridgehead atoms. The Bertz CT molecular complexity index is 2320. The highest BCUT2D eigenvalue weighted by Crippen LogP contribution is 2.18. The van der Waals surface area contributed by atoms with Gasteiger partial charge in [0.15, 0.2) is 5.82 Å². The largest absolute Gasteiger partial charge is 0.494 e. The summed E-state index contributed by atoms with van der Waals surface area (Å²) in [7, 11) is -4.43. The monoisotopic (exact) mass is 954 g/mol. The van der Waals surface area contributed by atoms with Gasteiger partial charge in [0.05, 0.1) is 36.6 Å². The van der Waals surface area contributed by atoms with Gasteiger partial charge in [-0.15, -0.1) is 5.11 Å². The van der Waals surface area contributed by atoms with E-state index in [0.717, 1.165) is 0 Å². The fourth-order valence-electron chi connectivity index (χ4n) is 6.28. The molecule has 1 unspecified atom stereocenters. The van der Waals surface area contributed by atoms with Gasteiger partial charge in [0.1, 0.15) is 29.9 Å². The third-order valence-corrected chi connectivity index (χ3v) is 11.7. The summed E-state index contributed by atoms with van der Waals surface area (Å²) in [5, 5.41) is 32.8. The second-order valence-corrected chi connectivity index (χ2v) is 17.8. The van der Waals surface area contributed by atoms with Crippen LogP contribution in [0.4, 0.5) is 5.82 Å². The van der Waals surface area contributed by atoms with Gasteiger partial charge in [-0.05, 0) is 66.0 Å². The second-order valence-electron chi connectivity index (χ2n) is 15.2. The van der Waals surface area contributed by atoms with Gasteiger partial charge in [-0.1, -0.05) is 44.2 Å². The minimum atomic E-state index is -4.43. The molecule has 2 aromatic carbocycles. The highest BCUT2D eigenvalue weighted by Gasteiger charge is 2.34. The molecule has 0 aliphatic carbocycles. The van der Waals surface area contributed by atoms with Crippen molar-refractivity contribution in [2.75, 3.05) is 37.7 Å². The molecule has 10 N–H and O–H groups in total. The maximum atomic E-state index is 13.9. The van der Waals surface area contributed by atoms with E-state index in [1.807, 2.05) is 0 Å². The molecule has 3 aromatic rings. The Kier molecular flexibility index (Phi) is 20.4. The van der Waals surface area contributed by atoms with E-state index >= 15 is 0 Å². The fourth-order valence-corrected chi connectivity index (χ4v) is 7.77. The van der Waals surface area contributed by atoms with Crippen molar-refractivity contribution in [3.8, 4) is 5.75 Å². The van der Waals surface area contributed by atoms with Crippen molar-refractivity contribution in [1.29, 1.82) is 0 Å². The van der Waals surface area contributed by atoms with Gasteiger partial charge in [-0.25, -0.2) is 4.98 Å². The number of nitrogens with zero attached hydrogens (tertiary/aromatic N) is 3. The fraction of sp³-hybridized carbons (Fsp3) is 0.429. The lowest BCUT2D eigenvalue weighted by Gasteiger charge is -2.27. The molecular weight excluding hydrogens is 901 g/mol. The standard InChI is InChI=1S/C42H54N10O12S2/c1-25(2)37-42(60)49-30(14-18-65-19-15-43)39(57)46-24-35(53)48-32(21-36(54)55)40(58)50-31(41(59)51-37)20-26-8-11-29(12-9-26)64-17-5-16-44-38(56)28-10-13-34(45-22-28)52-47-23-27-6-3-4-7-33(27)66(61,62)63/h3-4,6-13,22,25,30-32,37H,5,14-21,23-24,43H2,1-2H3,(H,44,56)(H,46,57)(H,48,53)(H,49,60)(H,50,58)(H,51,59)(H,54,55)(H,61,62,63)/t30-,31+,32-,37?/m0/s1. The van der Waals surface area contributed by atoms with E-state index in [1.54, 1.807) is 44.2 Å². The summed E-state index contributed by atoms with van der Waals surface area (Å²) in [6.07, 6.45) is 0.966. The predicted octanol–water partition coefficient (Wildman–Crippen LogP) is 0.635. The molecule has 4 atom stereocenters. The smallest absolute Gasteiger partial charge is 0.305 e. The number of thioether (sulfide) groups is 1. The third kappa shape index (κ3) is 17.1. The lowest BCUT2D eigenvalue weighted by atomic mass is 10.00.